The molecule has 21 heavy (non-hydrogen) atoms. The molecule has 110 valence electrons. The van der Waals surface area contributed by atoms with Crippen LogP contribution in [0.3, 0.4) is 0 Å². The van der Waals surface area contributed by atoms with E-state index in [-0.39, 0.29) is 5.91 Å². The van der Waals surface area contributed by atoms with Crippen molar-refractivity contribution in [3.8, 4) is 0 Å². The van der Waals surface area contributed by atoms with E-state index in [1.54, 1.807) is 11.3 Å². The van der Waals surface area contributed by atoms with E-state index in [9.17, 15) is 4.79 Å². The van der Waals surface area contributed by atoms with Gasteiger partial charge in [0.1, 0.15) is 0 Å². The predicted molar refractivity (Wildman–Crippen MR) is 87.0 cm³/mol. The van der Waals surface area contributed by atoms with E-state index in [4.69, 9.17) is 0 Å². The number of amides is 1. The van der Waals surface area contributed by atoms with Crippen LogP contribution in [0, 0.1) is 12.8 Å². The van der Waals surface area contributed by atoms with Gasteiger partial charge in [-0.15, -0.1) is 11.3 Å². The van der Waals surface area contributed by atoms with E-state index < -0.39 is 0 Å². The molecule has 2 aromatic rings. The molecule has 3 nitrogen and oxygen atoms in total. The summed E-state index contributed by atoms with van der Waals surface area (Å²) < 4.78 is 1.19. The van der Waals surface area contributed by atoms with Gasteiger partial charge >= 0.3 is 0 Å². The summed E-state index contributed by atoms with van der Waals surface area (Å²) in [6, 6.07) is 8.74. The van der Waals surface area contributed by atoms with Crippen molar-refractivity contribution in [2.75, 3.05) is 19.6 Å². The number of aryl methyl sites for hydroxylation is 1. The predicted octanol–water partition coefficient (Wildman–Crippen LogP) is 3.03. The van der Waals surface area contributed by atoms with Crippen molar-refractivity contribution >= 4 is 27.3 Å². The van der Waals surface area contributed by atoms with Crippen LogP contribution in [-0.4, -0.2) is 36.5 Å². The first kappa shape index (κ1) is 13.3. The quantitative estimate of drug-likeness (QED) is 0.924. The van der Waals surface area contributed by atoms with Gasteiger partial charge in [0.05, 0.1) is 4.88 Å². The largest absolute Gasteiger partial charge is 0.347 e. The Morgan fingerprint density at radius 3 is 2.81 bits per heavy atom. The minimum absolute atomic E-state index is 0.104. The number of benzene rings is 1. The second-order valence-electron chi connectivity index (χ2n) is 6.37. The number of piperidine rings is 3. The fraction of sp³-hybridized carbons (Fsp3) is 0.471. The molecule has 1 N–H and O–H groups in total. The van der Waals surface area contributed by atoms with Gasteiger partial charge in [-0.25, -0.2) is 0 Å². The Morgan fingerprint density at radius 2 is 2.10 bits per heavy atom. The molecule has 3 saturated heterocycles. The number of carbonyl (C=O) groups is 1. The second kappa shape index (κ2) is 5.11. The van der Waals surface area contributed by atoms with Crippen LogP contribution in [0.1, 0.15) is 28.1 Å². The smallest absolute Gasteiger partial charge is 0.261 e. The average Bonchev–Trinajstić information content (AvgIpc) is 2.91. The fourth-order valence-electron chi connectivity index (χ4n) is 3.64. The van der Waals surface area contributed by atoms with Gasteiger partial charge in [0.2, 0.25) is 0 Å². The van der Waals surface area contributed by atoms with E-state index in [2.05, 4.69) is 35.3 Å². The lowest BCUT2D eigenvalue weighted by atomic mass is 9.84. The first-order valence-electron chi connectivity index (χ1n) is 7.72. The van der Waals surface area contributed by atoms with Gasteiger partial charge in [0, 0.05) is 17.3 Å². The van der Waals surface area contributed by atoms with Crippen molar-refractivity contribution in [3.63, 3.8) is 0 Å². The molecule has 5 rings (SSSR count). The summed E-state index contributed by atoms with van der Waals surface area (Å²) in [4.78, 5) is 15.8. The SMILES string of the molecule is Cc1ccc2sc(C(=O)NC3CN4CCC3CC4)cc2c1. The maximum Gasteiger partial charge on any atom is 0.261 e. The van der Waals surface area contributed by atoms with Crippen LogP contribution in [0.25, 0.3) is 10.1 Å². The van der Waals surface area contributed by atoms with Gasteiger partial charge in [-0.3, -0.25) is 4.79 Å². The standard InChI is InChI=1S/C17H20N2OS/c1-11-2-3-15-13(8-11)9-16(21-15)17(20)18-14-10-19-6-4-12(14)5-7-19/h2-3,8-9,12,14H,4-7,10H2,1H3,(H,18,20). The first-order chi connectivity index (χ1) is 10.2. The van der Waals surface area contributed by atoms with Crippen LogP contribution in [0.4, 0.5) is 0 Å². The molecule has 4 heteroatoms. The number of hydrogen-bond donors (Lipinski definition) is 1. The van der Waals surface area contributed by atoms with Crippen LogP contribution in [0.15, 0.2) is 24.3 Å². The molecule has 2 bridgehead atoms. The van der Waals surface area contributed by atoms with Crippen molar-refractivity contribution in [1.82, 2.24) is 10.2 Å². The molecule has 0 radical (unpaired) electrons. The van der Waals surface area contributed by atoms with E-state index in [0.29, 0.717) is 12.0 Å². The molecule has 3 aliphatic heterocycles. The number of fused-ring (bicyclic) bond motifs is 4. The number of rotatable bonds is 2. The van der Waals surface area contributed by atoms with Crippen LogP contribution in [-0.2, 0) is 0 Å². The first-order valence-corrected chi connectivity index (χ1v) is 8.54. The Bertz CT molecular complexity index is 685. The number of hydrogen-bond acceptors (Lipinski definition) is 3. The van der Waals surface area contributed by atoms with E-state index in [1.165, 1.54) is 41.6 Å². The van der Waals surface area contributed by atoms with E-state index in [1.807, 2.05) is 6.07 Å². The zero-order valence-corrected chi connectivity index (χ0v) is 13.1. The number of thiophene rings is 1. The summed E-state index contributed by atoms with van der Waals surface area (Å²) in [5.41, 5.74) is 1.24. The number of carbonyl (C=O) groups excluding carboxylic acids is 1. The highest BCUT2D eigenvalue weighted by Gasteiger charge is 2.35. The van der Waals surface area contributed by atoms with Crippen molar-refractivity contribution in [1.29, 1.82) is 0 Å². The van der Waals surface area contributed by atoms with E-state index >= 15 is 0 Å². The molecule has 3 aliphatic rings. The highest BCUT2D eigenvalue weighted by atomic mass is 32.1. The number of nitrogens with one attached hydrogen (secondary N) is 1. The summed E-state index contributed by atoms with van der Waals surface area (Å²) in [5.74, 6) is 0.781. The van der Waals surface area contributed by atoms with Crippen LogP contribution >= 0.6 is 11.3 Å². The zero-order valence-electron chi connectivity index (χ0n) is 12.3. The van der Waals surface area contributed by atoms with Gasteiger partial charge in [-0.2, -0.15) is 0 Å². The van der Waals surface area contributed by atoms with Gasteiger partial charge < -0.3 is 10.2 Å². The molecule has 1 unspecified atom stereocenters. The lowest BCUT2D eigenvalue weighted by Gasteiger charge is -2.44. The van der Waals surface area contributed by atoms with Crippen molar-refractivity contribution in [2.24, 2.45) is 5.92 Å². The molecular weight excluding hydrogens is 280 g/mol. The molecule has 1 aromatic carbocycles. The molecule has 1 atom stereocenters. The molecule has 4 heterocycles. The lowest BCUT2D eigenvalue weighted by molar-refractivity contribution is 0.0622. The van der Waals surface area contributed by atoms with Crippen LogP contribution < -0.4 is 5.32 Å². The third-order valence-corrected chi connectivity index (χ3v) is 5.98. The second-order valence-corrected chi connectivity index (χ2v) is 7.45. The molecule has 0 spiro atoms. The zero-order chi connectivity index (χ0) is 14.4. The summed E-state index contributed by atoms with van der Waals surface area (Å²) in [5, 5.41) is 4.45. The minimum atomic E-state index is 0.104. The van der Waals surface area contributed by atoms with Gasteiger partial charge in [-0.05, 0) is 56.3 Å². The van der Waals surface area contributed by atoms with Crippen molar-refractivity contribution in [3.05, 3.63) is 34.7 Å². The van der Waals surface area contributed by atoms with Crippen molar-refractivity contribution < 1.29 is 4.79 Å². The Labute approximate surface area is 128 Å². The maximum atomic E-state index is 12.5. The topological polar surface area (TPSA) is 32.3 Å². The molecular formula is C17H20N2OS. The highest BCUT2D eigenvalue weighted by molar-refractivity contribution is 7.20. The summed E-state index contributed by atoms with van der Waals surface area (Å²) in [7, 11) is 0. The molecule has 1 amide bonds. The van der Waals surface area contributed by atoms with Gasteiger partial charge in [0.25, 0.3) is 5.91 Å². The molecule has 0 aliphatic carbocycles. The normalized spacial score (nSPS) is 28.0. The third kappa shape index (κ3) is 2.47. The van der Waals surface area contributed by atoms with Gasteiger partial charge in [0.15, 0.2) is 0 Å². The fourth-order valence-corrected chi connectivity index (χ4v) is 4.59. The number of nitrogens with zero attached hydrogens (tertiary/aromatic N) is 1. The lowest BCUT2D eigenvalue weighted by Crippen LogP contribution is -2.57. The van der Waals surface area contributed by atoms with Gasteiger partial charge in [-0.1, -0.05) is 17.7 Å². The van der Waals surface area contributed by atoms with Crippen LogP contribution in [0.2, 0.25) is 0 Å². The summed E-state index contributed by atoms with van der Waals surface area (Å²) in [6.07, 6.45) is 2.47. The maximum absolute atomic E-state index is 12.5. The highest BCUT2D eigenvalue weighted by Crippen LogP contribution is 2.29. The Morgan fingerprint density at radius 1 is 1.29 bits per heavy atom. The van der Waals surface area contributed by atoms with E-state index in [0.717, 1.165) is 11.4 Å². The third-order valence-electron chi connectivity index (χ3n) is 4.87. The summed E-state index contributed by atoms with van der Waals surface area (Å²) >= 11 is 1.60. The Balaban J connectivity index is 1.53. The summed E-state index contributed by atoms with van der Waals surface area (Å²) in [6.45, 7) is 5.53. The van der Waals surface area contributed by atoms with Crippen molar-refractivity contribution in [2.45, 2.75) is 25.8 Å². The molecule has 1 aromatic heterocycles. The minimum Gasteiger partial charge on any atom is -0.347 e. The Hall–Kier alpha value is -1.39. The van der Waals surface area contributed by atoms with Crippen LogP contribution in [0.5, 0.6) is 0 Å². The molecule has 3 fully saturated rings. The average molecular weight is 300 g/mol. The monoisotopic (exact) mass is 300 g/mol. The Kier molecular flexibility index (Phi) is 3.23. The molecule has 0 saturated carbocycles.